The largest absolute Gasteiger partial charge is 0.273 e. The highest BCUT2D eigenvalue weighted by molar-refractivity contribution is 6.03. The molecule has 0 aliphatic carbocycles. The zero-order valence-corrected chi connectivity index (χ0v) is 25.9. The molecule has 50 heavy (non-hydrogen) atoms. The normalized spacial score (nSPS) is 11.8. The van der Waals surface area contributed by atoms with Crippen LogP contribution in [0.25, 0.3) is 43.6 Å². The Hall–Kier alpha value is -7.92. The van der Waals surface area contributed by atoms with Gasteiger partial charge in [-0.1, -0.05) is 60.7 Å². The Labute approximate surface area is 284 Å². The van der Waals surface area contributed by atoms with Gasteiger partial charge in [0.2, 0.25) is 0 Å². The van der Waals surface area contributed by atoms with Crippen molar-refractivity contribution in [2.45, 2.75) is 0 Å². The smallest absolute Gasteiger partial charge is 0.183 e. The molecule has 10 heteroatoms. The van der Waals surface area contributed by atoms with Crippen LogP contribution in [0.1, 0.15) is 22.3 Å². The maximum atomic E-state index is 9.84. The first-order chi connectivity index (χ1) is 24.6. The maximum Gasteiger partial charge on any atom is 0.183 e. The van der Waals surface area contributed by atoms with E-state index in [1.807, 2.05) is 94.7 Å². The molecule has 0 saturated carbocycles. The van der Waals surface area contributed by atoms with Gasteiger partial charge in [-0.25, -0.2) is 19.9 Å². The second-order valence-electron chi connectivity index (χ2n) is 11.7. The number of fused-ring (bicyclic) bond motifs is 6. The lowest BCUT2D eigenvalue weighted by atomic mass is 10.1. The zero-order valence-electron chi connectivity index (χ0n) is 25.9. The van der Waals surface area contributed by atoms with Gasteiger partial charge < -0.3 is 0 Å². The van der Waals surface area contributed by atoms with Crippen molar-refractivity contribution in [2.24, 2.45) is 0 Å². The van der Waals surface area contributed by atoms with E-state index in [2.05, 4.69) is 24.3 Å². The SMILES string of the molecule is N#Cc1cc2nc3c(nc2cc1C#N)N(c1ccc2ccccc2c1)c1nc2cc(C#N)c(C#N)cc2nc1N3c1ccc2ccccc2c1. The molecule has 1 aliphatic rings. The van der Waals surface area contributed by atoms with Crippen molar-refractivity contribution in [1.82, 2.24) is 19.9 Å². The van der Waals surface area contributed by atoms with E-state index < -0.39 is 0 Å². The van der Waals surface area contributed by atoms with Crippen molar-refractivity contribution in [3.63, 3.8) is 0 Å². The lowest BCUT2D eigenvalue weighted by Gasteiger charge is -2.37. The molecular weight excluding hydrogens is 621 g/mol. The lowest BCUT2D eigenvalue weighted by molar-refractivity contribution is 1.03. The fourth-order valence-corrected chi connectivity index (χ4v) is 6.46. The molecule has 0 radical (unpaired) electrons. The third kappa shape index (κ3) is 4.25. The maximum absolute atomic E-state index is 9.84. The van der Waals surface area contributed by atoms with Crippen LogP contribution in [0.2, 0.25) is 0 Å². The number of benzene rings is 6. The van der Waals surface area contributed by atoms with Gasteiger partial charge in [0.15, 0.2) is 23.3 Å². The molecule has 9 rings (SSSR count). The van der Waals surface area contributed by atoms with E-state index in [0.29, 0.717) is 45.3 Å². The molecule has 0 fully saturated rings. The van der Waals surface area contributed by atoms with Crippen LogP contribution in [-0.2, 0) is 0 Å². The second-order valence-corrected chi connectivity index (χ2v) is 11.7. The third-order valence-corrected chi connectivity index (χ3v) is 8.85. The van der Waals surface area contributed by atoms with Gasteiger partial charge >= 0.3 is 0 Å². The number of rotatable bonds is 2. The predicted molar refractivity (Wildman–Crippen MR) is 189 cm³/mol. The highest BCUT2D eigenvalue weighted by atomic mass is 15.4. The highest BCUT2D eigenvalue weighted by Crippen LogP contribution is 2.52. The van der Waals surface area contributed by atoms with E-state index in [1.54, 1.807) is 24.3 Å². The van der Waals surface area contributed by atoms with Gasteiger partial charge in [0.25, 0.3) is 0 Å². The molecule has 3 heterocycles. The number of aromatic nitrogens is 4. The van der Waals surface area contributed by atoms with Crippen LogP contribution in [0.3, 0.4) is 0 Å². The molecule has 2 aromatic heterocycles. The molecular formula is C40H18N10. The van der Waals surface area contributed by atoms with Crippen molar-refractivity contribution in [3.05, 3.63) is 131 Å². The summed E-state index contributed by atoms with van der Waals surface area (Å²) in [6.07, 6.45) is 0. The van der Waals surface area contributed by atoms with Gasteiger partial charge in [0, 0.05) is 11.4 Å². The van der Waals surface area contributed by atoms with E-state index >= 15 is 0 Å². The van der Waals surface area contributed by atoms with Crippen LogP contribution in [0, 0.1) is 45.3 Å². The van der Waals surface area contributed by atoms with Gasteiger partial charge in [-0.15, -0.1) is 0 Å². The Morgan fingerprint density at radius 1 is 0.360 bits per heavy atom. The van der Waals surface area contributed by atoms with Crippen LogP contribution >= 0.6 is 0 Å². The molecule has 0 N–H and O–H groups in total. The summed E-state index contributed by atoms with van der Waals surface area (Å²) in [6.45, 7) is 0. The van der Waals surface area contributed by atoms with Crippen LogP contribution < -0.4 is 9.80 Å². The molecule has 0 unspecified atom stereocenters. The fourth-order valence-electron chi connectivity index (χ4n) is 6.46. The minimum absolute atomic E-state index is 0.192. The third-order valence-electron chi connectivity index (χ3n) is 8.85. The molecule has 228 valence electrons. The minimum atomic E-state index is 0.192. The topological polar surface area (TPSA) is 153 Å². The predicted octanol–water partition coefficient (Wildman–Crippen LogP) is 8.62. The average molecular weight is 639 g/mol. The van der Waals surface area contributed by atoms with Gasteiger partial charge in [-0.05, 0) is 70.1 Å². The van der Waals surface area contributed by atoms with E-state index in [0.717, 1.165) is 32.9 Å². The molecule has 8 aromatic rings. The Kier molecular flexibility index (Phi) is 6.13. The molecule has 0 atom stereocenters. The van der Waals surface area contributed by atoms with Crippen molar-refractivity contribution in [3.8, 4) is 24.3 Å². The van der Waals surface area contributed by atoms with Gasteiger partial charge in [0.05, 0.1) is 44.3 Å². The standard InChI is InChI=1S/C40H18N10/c41-19-27-15-33-35(17-29(27)21-43)47-39-37(45-33)49(31-11-9-23-5-1-3-7-25(23)13-31)38-40(48-36-18-30(22-44)28(20-42)16-34(36)46-38)50(39)32-12-10-24-6-2-4-8-26(24)14-32/h1-18H. The Morgan fingerprint density at radius 3 is 0.960 bits per heavy atom. The van der Waals surface area contributed by atoms with Crippen molar-refractivity contribution in [1.29, 1.82) is 21.0 Å². The number of nitrogens with zero attached hydrogens (tertiary/aromatic N) is 10. The molecule has 1 aliphatic heterocycles. The van der Waals surface area contributed by atoms with E-state index in [9.17, 15) is 21.0 Å². The molecule has 6 aromatic carbocycles. The van der Waals surface area contributed by atoms with Crippen molar-refractivity contribution < 1.29 is 0 Å². The molecule has 0 spiro atoms. The minimum Gasteiger partial charge on any atom is -0.273 e. The van der Waals surface area contributed by atoms with Crippen molar-refractivity contribution in [2.75, 3.05) is 9.80 Å². The number of anilines is 6. The van der Waals surface area contributed by atoms with Crippen LogP contribution in [0.15, 0.2) is 109 Å². The van der Waals surface area contributed by atoms with Crippen molar-refractivity contribution >= 4 is 78.3 Å². The Balaban J connectivity index is 1.42. The quantitative estimate of drug-likeness (QED) is 0.180. The van der Waals surface area contributed by atoms with Crippen LogP contribution in [-0.4, -0.2) is 19.9 Å². The summed E-state index contributed by atoms with van der Waals surface area (Å²) in [5, 5.41) is 43.4. The lowest BCUT2D eigenvalue weighted by Crippen LogP contribution is -2.28. The molecule has 0 saturated heterocycles. The highest BCUT2D eigenvalue weighted by Gasteiger charge is 2.37. The number of nitriles is 4. The van der Waals surface area contributed by atoms with Gasteiger partial charge in [-0.2, -0.15) is 21.0 Å². The molecule has 0 bridgehead atoms. The monoisotopic (exact) mass is 638 g/mol. The van der Waals surface area contributed by atoms with E-state index in [4.69, 9.17) is 19.9 Å². The molecule has 0 amide bonds. The second kappa shape index (κ2) is 10.8. The van der Waals surface area contributed by atoms with E-state index in [1.165, 1.54) is 0 Å². The summed E-state index contributed by atoms with van der Waals surface area (Å²) in [7, 11) is 0. The van der Waals surface area contributed by atoms with E-state index in [-0.39, 0.29) is 22.3 Å². The summed E-state index contributed by atoms with van der Waals surface area (Å²) in [6, 6.07) is 42.8. The summed E-state index contributed by atoms with van der Waals surface area (Å²) in [5.41, 5.74) is 3.92. The fraction of sp³-hybridized carbons (Fsp3) is 0. The average Bonchev–Trinajstić information content (AvgIpc) is 3.17. The van der Waals surface area contributed by atoms with Gasteiger partial charge in [-0.3, -0.25) is 9.80 Å². The summed E-state index contributed by atoms with van der Waals surface area (Å²) < 4.78 is 0. The zero-order chi connectivity index (χ0) is 33.9. The summed E-state index contributed by atoms with van der Waals surface area (Å²) in [5.74, 6) is 1.68. The Morgan fingerprint density at radius 2 is 0.660 bits per heavy atom. The first-order valence-corrected chi connectivity index (χ1v) is 15.5. The summed E-state index contributed by atoms with van der Waals surface area (Å²) >= 11 is 0. The number of hydrogen-bond donors (Lipinski definition) is 0. The number of hydrogen-bond acceptors (Lipinski definition) is 10. The molecule has 10 nitrogen and oxygen atoms in total. The van der Waals surface area contributed by atoms with Crippen LogP contribution in [0.5, 0.6) is 0 Å². The Bertz CT molecular complexity index is 2640. The van der Waals surface area contributed by atoms with Gasteiger partial charge in [0.1, 0.15) is 24.3 Å². The van der Waals surface area contributed by atoms with Crippen LogP contribution in [0.4, 0.5) is 34.6 Å². The summed E-state index contributed by atoms with van der Waals surface area (Å²) in [4.78, 5) is 24.2. The first kappa shape index (κ1) is 28.3. The first-order valence-electron chi connectivity index (χ1n) is 15.5.